The third kappa shape index (κ3) is 1.05. The van der Waals surface area contributed by atoms with E-state index in [1.807, 2.05) is 0 Å². The first-order valence-electron chi connectivity index (χ1n) is 4.33. The van der Waals surface area contributed by atoms with E-state index in [-0.39, 0.29) is 12.1 Å². The molecule has 0 aromatic heterocycles. The van der Waals surface area contributed by atoms with Crippen LogP contribution in [-0.4, -0.2) is 34.7 Å². The molecule has 1 aliphatic heterocycles. The largest absolute Gasteiger partial charge is 0.394 e. The SMILES string of the molecule is CN=C1NC2(CO)CCCC2S1. The van der Waals surface area contributed by atoms with Crippen molar-refractivity contribution >= 4 is 16.9 Å². The van der Waals surface area contributed by atoms with Gasteiger partial charge in [-0.1, -0.05) is 11.8 Å². The van der Waals surface area contributed by atoms with Crippen LogP contribution in [0.1, 0.15) is 19.3 Å². The van der Waals surface area contributed by atoms with Gasteiger partial charge in [0.05, 0.1) is 12.1 Å². The van der Waals surface area contributed by atoms with Crippen LogP contribution in [0.15, 0.2) is 4.99 Å². The molecule has 0 aromatic carbocycles. The van der Waals surface area contributed by atoms with Crippen LogP contribution in [0.4, 0.5) is 0 Å². The van der Waals surface area contributed by atoms with E-state index in [9.17, 15) is 5.11 Å². The third-order valence-electron chi connectivity index (χ3n) is 2.80. The number of rotatable bonds is 1. The molecule has 12 heavy (non-hydrogen) atoms. The Morgan fingerprint density at radius 1 is 1.83 bits per heavy atom. The number of aliphatic hydroxyl groups excluding tert-OH is 1. The minimum atomic E-state index is -0.0422. The van der Waals surface area contributed by atoms with Gasteiger partial charge in [-0.3, -0.25) is 4.99 Å². The summed E-state index contributed by atoms with van der Waals surface area (Å²) in [6.45, 7) is 0.240. The number of nitrogens with one attached hydrogen (secondary N) is 1. The molecule has 4 heteroatoms. The highest BCUT2D eigenvalue weighted by molar-refractivity contribution is 8.14. The van der Waals surface area contributed by atoms with Crippen LogP contribution >= 0.6 is 11.8 Å². The Labute approximate surface area is 76.6 Å². The predicted molar refractivity (Wildman–Crippen MR) is 51.5 cm³/mol. The van der Waals surface area contributed by atoms with Crippen molar-refractivity contribution in [3.63, 3.8) is 0 Å². The minimum absolute atomic E-state index is 0.0422. The fourth-order valence-electron chi connectivity index (χ4n) is 2.06. The van der Waals surface area contributed by atoms with Crippen LogP contribution in [-0.2, 0) is 0 Å². The normalized spacial score (nSPS) is 43.2. The molecule has 2 unspecified atom stereocenters. The molecule has 0 spiro atoms. The van der Waals surface area contributed by atoms with Gasteiger partial charge in [-0.15, -0.1) is 0 Å². The highest BCUT2D eigenvalue weighted by atomic mass is 32.2. The summed E-state index contributed by atoms with van der Waals surface area (Å²) in [7, 11) is 1.79. The van der Waals surface area contributed by atoms with Gasteiger partial charge in [0.25, 0.3) is 0 Å². The summed E-state index contributed by atoms with van der Waals surface area (Å²) in [5.74, 6) is 0. The van der Waals surface area contributed by atoms with Gasteiger partial charge < -0.3 is 10.4 Å². The Balaban J connectivity index is 2.20. The summed E-state index contributed by atoms with van der Waals surface area (Å²) in [4.78, 5) is 4.12. The van der Waals surface area contributed by atoms with E-state index in [0.29, 0.717) is 5.25 Å². The summed E-state index contributed by atoms with van der Waals surface area (Å²) in [6.07, 6.45) is 3.51. The maximum Gasteiger partial charge on any atom is 0.157 e. The van der Waals surface area contributed by atoms with E-state index >= 15 is 0 Å². The van der Waals surface area contributed by atoms with Gasteiger partial charge in [0.1, 0.15) is 0 Å². The molecule has 68 valence electrons. The number of thioether (sulfide) groups is 1. The van der Waals surface area contributed by atoms with Crippen LogP contribution in [0, 0.1) is 0 Å². The van der Waals surface area contributed by atoms with Gasteiger partial charge in [0, 0.05) is 12.3 Å². The minimum Gasteiger partial charge on any atom is -0.394 e. The second-order valence-corrected chi connectivity index (χ2v) is 4.66. The molecular weight excluding hydrogens is 172 g/mol. The lowest BCUT2D eigenvalue weighted by Crippen LogP contribution is -2.48. The van der Waals surface area contributed by atoms with Crippen molar-refractivity contribution in [3.8, 4) is 0 Å². The number of amidine groups is 1. The highest BCUT2D eigenvalue weighted by Gasteiger charge is 2.48. The molecule has 1 aliphatic carbocycles. The molecule has 2 fully saturated rings. The average Bonchev–Trinajstić information content (AvgIpc) is 2.58. The Morgan fingerprint density at radius 2 is 2.67 bits per heavy atom. The molecule has 1 heterocycles. The lowest BCUT2D eigenvalue weighted by atomic mass is 9.99. The summed E-state index contributed by atoms with van der Waals surface area (Å²) in [5, 5.41) is 14.2. The predicted octanol–water partition coefficient (Wildman–Crippen LogP) is 0.592. The molecule has 0 bridgehead atoms. The van der Waals surface area contributed by atoms with Crippen molar-refractivity contribution in [1.82, 2.24) is 5.32 Å². The molecule has 0 amide bonds. The zero-order chi connectivity index (χ0) is 8.60. The summed E-state index contributed by atoms with van der Waals surface area (Å²) < 4.78 is 0. The van der Waals surface area contributed by atoms with Crippen molar-refractivity contribution in [1.29, 1.82) is 0 Å². The summed E-state index contributed by atoms with van der Waals surface area (Å²) in [6, 6.07) is 0. The van der Waals surface area contributed by atoms with Gasteiger partial charge in [-0.05, 0) is 19.3 Å². The maximum absolute atomic E-state index is 9.31. The standard InChI is InChI=1S/C8H14N2OS/c1-9-7-10-8(5-11)4-2-3-6(8)12-7/h6,11H,2-5H2,1H3,(H,9,10). The molecule has 2 rings (SSSR count). The number of hydrogen-bond acceptors (Lipinski definition) is 3. The molecule has 2 N–H and O–H groups in total. The first-order chi connectivity index (χ1) is 5.80. The van der Waals surface area contributed by atoms with Crippen LogP contribution in [0.2, 0.25) is 0 Å². The molecular formula is C8H14N2OS. The topological polar surface area (TPSA) is 44.6 Å². The Bertz CT molecular complexity index is 219. The van der Waals surface area contributed by atoms with Crippen molar-refractivity contribution < 1.29 is 5.11 Å². The first-order valence-corrected chi connectivity index (χ1v) is 5.21. The molecule has 0 aromatic rings. The first kappa shape index (κ1) is 8.38. The third-order valence-corrected chi connectivity index (χ3v) is 4.28. The van der Waals surface area contributed by atoms with Gasteiger partial charge in [-0.25, -0.2) is 0 Å². The van der Waals surface area contributed by atoms with Crippen molar-refractivity contribution in [2.45, 2.75) is 30.1 Å². The van der Waals surface area contributed by atoms with E-state index in [4.69, 9.17) is 0 Å². The Morgan fingerprint density at radius 3 is 3.25 bits per heavy atom. The zero-order valence-corrected chi connectivity index (χ0v) is 8.02. The lowest BCUT2D eigenvalue weighted by molar-refractivity contribution is 0.191. The maximum atomic E-state index is 9.31. The molecule has 1 saturated carbocycles. The average molecular weight is 186 g/mol. The van der Waals surface area contributed by atoms with E-state index < -0.39 is 0 Å². The van der Waals surface area contributed by atoms with Gasteiger partial charge in [0.15, 0.2) is 5.17 Å². The number of aliphatic hydroxyl groups is 1. The van der Waals surface area contributed by atoms with Crippen molar-refractivity contribution in [2.24, 2.45) is 4.99 Å². The lowest BCUT2D eigenvalue weighted by Gasteiger charge is -2.25. The Hall–Kier alpha value is -0.220. The van der Waals surface area contributed by atoms with Crippen LogP contribution in [0.25, 0.3) is 0 Å². The van der Waals surface area contributed by atoms with Crippen molar-refractivity contribution in [2.75, 3.05) is 13.7 Å². The van der Waals surface area contributed by atoms with E-state index in [0.717, 1.165) is 11.6 Å². The fourth-order valence-corrected chi connectivity index (χ4v) is 3.46. The second-order valence-electron chi connectivity index (χ2n) is 3.47. The second kappa shape index (κ2) is 2.92. The molecule has 1 saturated heterocycles. The number of nitrogens with zero attached hydrogens (tertiary/aromatic N) is 1. The summed E-state index contributed by atoms with van der Waals surface area (Å²) >= 11 is 1.78. The Kier molecular flexibility index (Phi) is 2.04. The quantitative estimate of drug-likeness (QED) is 0.630. The van der Waals surface area contributed by atoms with Crippen LogP contribution < -0.4 is 5.32 Å². The van der Waals surface area contributed by atoms with Crippen molar-refractivity contribution in [3.05, 3.63) is 0 Å². The number of fused-ring (bicyclic) bond motifs is 1. The van der Waals surface area contributed by atoms with E-state index in [1.54, 1.807) is 18.8 Å². The van der Waals surface area contributed by atoms with Gasteiger partial charge in [-0.2, -0.15) is 0 Å². The zero-order valence-electron chi connectivity index (χ0n) is 7.21. The van der Waals surface area contributed by atoms with Crippen LogP contribution in [0.5, 0.6) is 0 Å². The molecule has 2 atom stereocenters. The van der Waals surface area contributed by atoms with Gasteiger partial charge >= 0.3 is 0 Å². The van der Waals surface area contributed by atoms with Crippen LogP contribution in [0.3, 0.4) is 0 Å². The molecule has 0 radical (unpaired) electrons. The number of aliphatic imine (C=N–C) groups is 1. The highest BCUT2D eigenvalue weighted by Crippen LogP contribution is 2.43. The summed E-state index contributed by atoms with van der Waals surface area (Å²) in [5.41, 5.74) is -0.0422. The van der Waals surface area contributed by atoms with Gasteiger partial charge in [0.2, 0.25) is 0 Å². The van der Waals surface area contributed by atoms with E-state index in [2.05, 4.69) is 10.3 Å². The smallest absolute Gasteiger partial charge is 0.157 e. The monoisotopic (exact) mass is 186 g/mol. The fraction of sp³-hybridized carbons (Fsp3) is 0.875. The molecule has 3 nitrogen and oxygen atoms in total. The van der Waals surface area contributed by atoms with E-state index in [1.165, 1.54) is 12.8 Å². The molecule has 2 aliphatic rings. The number of hydrogen-bond donors (Lipinski definition) is 2.